The molecule has 0 bridgehead atoms. The Bertz CT molecular complexity index is 1120. The number of para-hydroxylation sites is 2. The van der Waals surface area contributed by atoms with Crippen LogP contribution in [-0.4, -0.2) is 67.4 Å². The van der Waals surface area contributed by atoms with Gasteiger partial charge in [0.1, 0.15) is 6.10 Å². The second-order valence-electron chi connectivity index (χ2n) is 7.86. The molecule has 2 unspecified atom stereocenters. The van der Waals surface area contributed by atoms with Crippen molar-refractivity contribution < 1.29 is 19.0 Å². The predicted molar refractivity (Wildman–Crippen MR) is 128 cm³/mol. The van der Waals surface area contributed by atoms with E-state index in [-0.39, 0.29) is 5.91 Å². The molecule has 1 saturated heterocycles. The number of aromatic nitrogens is 1. The molecule has 0 radical (unpaired) electrons. The zero-order chi connectivity index (χ0) is 22.1. The summed E-state index contributed by atoms with van der Waals surface area (Å²) < 4.78 is 19.6. The number of benzene rings is 2. The van der Waals surface area contributed by atoms with Gasteiger partial charge in [0.25, 0.3) is 5.91 Å². The van der Waals surface area contributed by atoms with Gasteiger partial charge >= 0.3 is 0 Å². The van der Waals surface area contributed by atoms with E-state index in [4.69, 9.17) is 19.2 Å². The van der Waals surface area contributed by atoms with Gasteiger partial charge in [-0.1, -0.05) is 39.4 Å². The number of morpholine rings is 1. The van der Waals surface area contributed by atoms with Gasteiger partial charge in [-0.15, -0.1) is 0 Å². The zero-order valence-corrected chi connectivity index (χ0v) is 20.1. The van der Waals surface area contributed by atoms with Gasteiger partial charge in [-0.3, -0.25) is 14.6 Å². The summed E-state index contributed by atoms with van der Waals surface area (Å²) in [5, 5.41) is 0.672. The summed E-state index contributed by atoms with van der Waals surface area (Å²) in [5.41, 5.74) is 0.872. The van der Waals surface area contributed by atoms with E-state index < -0.39 is 12.2 Å². The van der Waals surface area contributed by atoms with Crippen LogP contribution in [0.1, 0.15) is 6.92 Å². The smallest absolute Gasteiger partial charge is 0.273 e. The van der Waals surface area contributed by atoms with Crippen LogP contribution < -0.4 is 14.4 Å². The number of nitrogens with zero attached hydrogens (tertiary/aromatic N) is 3. The minimum Gasteiger partial charge on any atom is -0.482 e. The van der Waals surface area contributed by atoms with Gasteiger partial charge in [-0.25, -0.2) is 4.98 Å². The molecule has 32 heavy (non-hydrogen) atoms. The number of carbonyl (C=O) groups is 1. The van der Waals surface area contributed by atoms with Crippen molar-refractivity contribution in [2.24, 2.45) is 0 Å². The maximum Gasteiger partial charge on any atom is 0.273 e. The van der Waals surface area contributed by atoms with Crippen molar-refractivity contribution in [3.8, 4) is 11.5 Å². The second kappa shape index (κ2) is 9.35. The maximum absolute atomic E-state index is 13.8. The van der Waals surface area contributed by atoms with Crippen molar-refractivity contribution in [3.63, 3.8) is 0 Å². The minimum atomic E-state index is -0.742. The molecule has 0 spiro atoms. The van der Waals surface area contributed by atoms with Crippen molar-refractivity contribution in [1.82, 2.24) is 9.88 Å². The Morgan fingerprint density at radius 2 is 1.94 bits per heavy atom. The molecular weight excluding hydrogens is 494 g/mol. The summed E-state index contributed by atoms with van der Waals surface area (Å²) in [6.45, 7) is 6.30. The molecule has 0 aliphatic carbocycles. The topological polar surface area (TPSA) is 64.1 Å². The molecule has 3 aromatic rings. The molecule has 9 heteroatoms. The van der Waals surface area contributed by atoms with Crippen LogP contribution in [0.25, 0.3) is 10.2 Å². The fourth-order valence-electron chi connectivity index (χ4n) is 3.91. The number of anilines is 1. The number of carbonyl (C=O) groups excluding carboxylic acids is 1. The van der Waals surface area contributed by atoms with E-state index in [0.29, 0.717) is 23.2 Å². The van der Waals surface area contributed by atoms with E-state index in [1.165, 1.54) is 11.3 Å². The van der Waals surface area contributed by atoms with Crippen LogP contribution in [-0.2, 0) is 9.53 Å². The van der Waals surface area contributed by atoms with Crippen molar-refractivity contribution in [1.29, 1.82) is 0 Å². The van der Waals surface area contributed by atoms with E-state index in [1.807, 2.05) is 49.4 Å². The number of amides is 1. The van der Waals surface area contributed by atoms with Gasteiger partial charge in [0.2, 0.25) is 6.10 Å². The van der Waals surface area contributed by atoms with Crippen LogP contribution in [0, 0.1) is 0 Å². The first-order chi connectivity index (χ1) is 15.6. The molecule has 5 rings (SSSR count). The Balaban J connectivity index is 1.43. The Hall–Kier alpha value is -2.20. The lowest BCUT2D eigenvalue weighted by atomic mass is 10.1. The van der Waals surface area contributed by atoms with Crippen LogP contribution in [0.15, 0.2) is 46.9 Å². The third kappa shape index (κ3) is 4.47. The molecule has 2 aliphatic rings. The van der Waals surface area contributed by atoms with E-state index >= 15 is 0 Å². The lowest BCUT2D eigenvalue weighted by Gasteiger charge is -2.34. The third-order valence-corrected chi connectivity index (χ3v) is 7.20. The van der Waals surface area contributed by atoms with Crippen molar-refractivity contribution in [2.75, 3.05) is 44.3 Å². The average molecular weight is 518 g/mol. The lowest BCUT2D eigenvalue weighted by Crippen LogP contribution is -2.52. The highest BCUT2D eigenvalue weighted by atomic mass is 79.9. The predicted octanol–water partition coefficient (Wildman–Crippen LogP) is 3.95. The molecule has 3 heterocycles. The van der Waals surface area contributed by atoms with Gasteiger partial charge in [0.05, 0.1) is 23.4 Å². The molecule has 7 nitrogen and oxygen atoms in total. The molecule has 1 fully saturated rings. The van der Waals surface area contributed by atoms with E-state index in [1.54, 1.807) is 4.90 Å². The lowest BCUT2D eigenvalue weighted by molar-refractivity contribution is -0.130. The Labute approximate surface area is 199 Å². The van der Waals surface area contributed by atoms with Crippen molar-refractivity contribution >= 4 is 48.5 Å². The average Bonchev–Trinajstić information content (AvgIpc) is 3.22. The van der Waals surface area contributed by atoms with Crippen LogP contribution in [0.2, 0.25) is 0 Å². The Morgan fingerprint density at radius 1 is 1.19 bits per heavy atom. The monoisotopic (exact) mass is 517 g/mol. The van der Waals surface area contributed by atoms with Crippen molar-refractivity contribution in [2.45, 2.75) is 19.1 Å². The molecule has 168 valence electrons. The standard InChI is InChI=1S/C23H24BrN3O4S/c1-15-21(31-19-5-3-2-4-18(19)30-15)22(28)27(9-8-26-10-12-29-13-11-26)23-25-17-7-6-16(24)14-20(17)32-23/h2-7,14-15,21H,8-13H2,1H3. The highest BCUT2D eigenvalue weighted by molar-refractivity contribution is 9.10. The van der Waals surface area contributed by atoms with Crippen molar-refractivity contribution in [3.05, 3.63) is 46.9 Å². The number of ether oxygens (including phenoxy) is 3. The summed E-state index contributed by atoms with van der Waals surface area (Å²) in [5.74, 6) is 1.11. The fraction of sp³-hybridized carbons (Fsp3) is 0.391. The Morgan fingerprint density at radius 3 is 2.72 bits per heavy atom. The van der Waals surface area contributed by atoms with Crippen LogP contribution in [0.5, 0.6) is 11.5 Å². The molecule has 2 aromatic carbocycles. The third-order valence-electron chi connectivity index (χ3n) is 5.67. The molecule has 1 amide bonds. The highest BCUT2D eigenvalue weighted by Crippen LogP contribution is 2.36. The maximum atomic E-state index is 13.8. The second-order valence-corrected chi connectivity index (χ2v) is 9.79. The summed E-state index contributed by atoms with van der Waals surface area (Å²) in [6.07, 6.45) is -1.15. The summed E-state index contributed by atoms with van der Waals surface area (Å²) in [6, 6.07) is 13.4. The fourth-order valence-corrected chi connectivity index (χ4v) is 5.46. The number of rotatable bonds is 5. The Kier molecular flexibility index (Phi) is 6.32. The van der Waals surface area contributed by atoms with Gasteiger partial charge in [0, 0.05) is 30.7 Å². The van der Waals surface area contributed by atoms with E-state index in [0.717, 1.165) is 47.5 Å². The van der Waals surface area contributed by atoms with Crippen LogP contribution >= 0.6 is 27.3 Å². The zero-order valence-electron chi connectivity index (χ0n) is 17.7. The summed E-state index contributed by atoms with van der Waals surface area (Å²) in [7, 11) is 0. The molecule has 2 atom stereocenters. The van der Waals surface area contributed by atoms with Gasteiger partial charge < -0.3 is 14.2 Å². The van der Waals surface area contributed by atoms with E-state index in [9.17, 15) is 4.79 Å². The quantitative estimate of drug-likeness (QED) is 0.510. The molecular formula is C23H24BrN3O4S. The SMILES string of the molecule is CC1Oc2ccccc2OC1C(=O)N(CCN1CCOCC1)c1nc2ccc(Br)cc2s1. The normalized spacial score (nSPS) is 20.9. The van der Waals surface area contributed by atoms with Gasteiger partial charge in [0.15, 0.2) is 16.6 Å². The number of hydrogen-bond acceptors (Lipinski definition) is 7. The first kappa shape index (κ1) is 21.6. The molecule has 0 saturated carbocycles. The molecule has 2 aliphatic heterocycles. The first-order valence-electron chi connectivity index (χ1n) is 10.7. The first-order valence-corrected chi connectivity index (χ1v) is 12.3. The van der Waals surface area contributed by atoms with Gasteiger partial charge in [-0.2, -0.15) is 0 Å². The molecule has 0 N–H and O–H groups in total. The van der Waals surface area contributed by atoms with Gasteiger partial charge in [-0.05, 0) is 37.3 Å². The number of fused-ring (bicyclic) bond motifs is 2. The van der Waals surface area contributed by atoms with Crippen LogP contribution in [0.3, 0.4) is 0 Å². The largest absolute Gasteiger partial charge is 0.482 e. The highest BCUT2D eigenvalue weighted by Gasteiger charge is 2.38. The number of thiazole rings is 1. The number of halogens is 1. The minimum absolute atomic E-state index is 0.140. The summed E-state index contributed by atoms with van der Waals surface area (Å²) in [4.78, 5) is 22.6. The van der Waals surface area contributed by atoms with E-state index in [2.05, 4.69) is 20.8 Å². The molecule has 1 aromatic heterocycles. The summed E-state index contributed by atoms with van der Waals surface area (Å²) >= 11 is 5.03. The van der Waals surface area contributed by atoms with Crippen LogP contribution in [0.4, 0.5) is 5.13 Å². The number of hydrogen-bond donors (Lipinski definition) is 0.